The van der Waals surface area contributed by atoms with Crippen LogP contribution in [0.4, 0.5) is 0 Å². The summed E-state index contributed by atoms with van der Waals surface area (Å²) in [4.78, 5) is 10.8. The summed E-state index contributed by atoms with van der Waals surface area (Å²) >= 11 is 0. The molecule has 2 fully saturated rings. The lowest BCUT2D eigenvalue weighted by Gasteiger charge is -2.47. The molecule has 1 aliphatic carbocycles. The van der Waals surface area contributed by atoms with Gasteiger partial charge in [-0.15, -0.1) is 0 Å². The van der Waals surface area contributed by atoms with Crippen molar-refractivity contribution in [2.24, 2.45) is 5.92 Å². The highest BCUT2D eigenvalue weighted by atomic mass is 16.5. The minimum absolute atomic E-state index is 0.0871. The van der Waals surface area contributed by atoms with E-state index in [0.717, 1.165) is 19.4 Å². The van der Waals surface area contributed by atoms with Crippen molar-refractivity contribution in [2.75, 3.05) is 6.61 Å². The van der Waals surface area contributed by atoms with E-state index in [0.29, 0.717) is 18.1 Å². The largest absolute Gasteiger partial charge is 0.378 e. The standard InChI is InChI=1S/C9H15NO2/c1-6(11)10-8-5-9-7(8)3-2-4-12-9/h7-9H,2-5H2,1H3,(H,10,11). The van der Waals surface area contributed by atoms with Crippen molar-refractivity contribution in [3.8, 4) is 0 Å². The van der Waals surface area contributed by atoms with Crippen LogP contribution in [-0.4, -0.2) is 24.7 Å². The molecule has 0 radical (unpaired) electrons. The second-order valence-corrected chi connectivity index (χ2v) is 3.76. The molecule has 1 heterocycles. The summed E-state index contributed by atoms with van der Waals surface area (Å²) in [7, 11) is 0. The molecular weight excluding hydrogens is 154 g/mol. The first kappa shape index (κ1) is 8.05. The van der Waals surface area contributed by atoms with Gasteiger partial charge in [-0.1, -0.05) is 0 Å². The van der Waals surface area contributed by atoms with Crippen LogP contribution < -0.4 is 5.32 Å². The van der Waals surface area contributed by atoms with Crippen molar-refractivity contribution >= 4 is 5.91 Å². The minimum atomic E-state index is 0.0871. The normalized spacial score (nSPS) is 39.6. The molecule has 1 aliphatic heterocycles. The van der Waals surface area contributed by atoms with E-state index in [9.17, 15) is 4.79 Å². The number of hydrogen-bond donors (Lipinski definition) is 1. The zero-order valence-corrected chi connectivity index (χ0v) is 7.38. The number of nitrogens with one attached hydrogen (secondary N) is 1. The fraction of sp³-hybridized carbons (Fsp3) is 0.889. The summed E-state index contributed by atoms with van der Waals surface area (Å²) in [6, 6.07) is 0.396. The van der Waals surface area contributed by atoms with Gasteiger partial charge in [0.2, 0.25) is 5.91 Å². The summed E-state index contributed by atoms with van der Waals surface area (Å²) in [6.45, 7) is 2.49. The van der Waals surface area contributed by atoms with Crippen molar-refractivity contribution in [1.29, 1.82) is 0 Å². The first-order chi connectivity index (χ1) is 5.77. The van der Waals surface area contributed by atoms with Crippen molar-refractivity contribution in [3.05, 3.63) is 0 Å². The average molecular weight is 169 g/mol. The molecule has 0 aromatic carbocycles. The predicted octanol–water partition coefficient (Wildman–Crippen LogP) is 0.690. The third-order valence-electron chi connectivity index (χ3n) is 2.88. The van der Waals surface area contributed by atoms with Gasteiger partial charge in [0, 0.05) is 25.5 Å². The fourth-order valence-corrected chi connectivity index (χ4v) is 2.22. The Morgan fingerprint density at radius 2 is 2.42 bits per heavy atom. The van der Waals surface area contributed by atoms with Gasteiger partial charge in [0.15, 0.2) is 0 Å². The molecule has 1 amide bonds. The minimum Gasteiger partial charge on any atom is -0.378 e. The van der Waals surface area contributed by atoms with Crippen LogP contribution >= 0.6 is 0 Å². The van der Waals surface area contributed by atoms with Crippen LogP contribution in [0, 0.1) is 5.92 Å². The summed E-state index contributed by atoms with van der Waals surface area (Å²) in [6.07, 6.45) is 3.83. The average Bonchev–Trinajstić information content (AvgIpc) is 2.00. The van der Waals surface area contributed by atoms with Crippen LogP contribution in [0.1, 0.15) is 26.2 Å². The molecule has 0 spiro atoms. The van der Waals surface area contributed by atoms with Crippen LogP contribution in [0.5, 0.6) is 0 Å². The van der Waals surface area contributed by atoms with Gasteiger partial charge >= 0.3 is 0 Å². The number of rotatable bonds is 1. The number of fused-ring (bicyclic) bond motifs is 1. The number of amides is 1. The second kappa shape index (κ2) is 3.05. The van der Waals surface area contributed by atoms with Crippen molar-refractivity contribution in [3.63, 3.8) is 0 Å². The monoisotopic (exact) mass is 169 g/mol. The molecule has 1 N–H and O–H groups in total. The molecule has 3 atom stereocenters. The zero-order valence-electron chi connectivity index (χ0n) is 7.38. The summed E-state index contributed by atoms with van der Waals surface area (Å²) in [5.74, 6) is 0.687. The number of carbonyl (C=O) groups is 1. The van der Waals surface area contributed by atoms with Gasteiger partial charge in [0.05, 0.1) is 6.10 Å². The maximum atomic E-state index is 10.8. The molecule has 2 aliphatic rings. The van der Waals surface area contributed by atoms with Crippen molar-refractivity contribution in [1.82, 2.24) is 5.32 Å². The molecule has 12 heavy (non-hydrogen) atoms. The Kier molecular flexibility index (Phi) is 2.05. The Hall–Kier alpha value is -0.570. The summed E-state index contributed by atoms with van der Waals surface area (Å²) in [5.41, 5.74) is 0. The first-order valence-electron chi connectivity index (χ1n) is 4.66. The van der Waals surface area contributed by atoms with E-state index >= 15 is 0 Å². The third kappa shape index (κ3) is 1.33. The molecule has 0 aromatic heterocycles. The number of carbonyl (C=O) groups excluding carboxylic acids is 1. The molecule has 0 aromatic rings. The van der Waals surface area contributed by atoms with E-state index in [2.05, 4.69) is 5.32 Å². The van der Waals surface area contributed by atoms with E-state index in [1.54, 1.807) is 6.92 Å². The Balaban J connectivity index is 1.84. The lowest BCUT2D eigenvalue weighted by atomic mass is 9.72. The van der Waals surface area contributed by atoms with Gasteiger partial charge in [-0.05, 0) is 19.3 Å². The van der Waals surface area contributed by atoms with E-state index < -0.39 is 0 Å². The van der Waals surface area contributed by atoms with Gasteiger partial charge < -0.3 is 10.1 Å². The smallest absolute Gasteiger partial charge is 0.217 e. The SMILES string of the molecule is CC(=O)NC1CC2OCCCC12. The van der Waals surface area contributed by atoms with Crippen LogP contribution in [-0.2, 0) is 9.53 Å². The Labute approximate surface area is 72.5 Å². The Morgan fingerprint density at radius 3 is 3.08 bits per heavy atom. The highest BCUT2D eigenvalue weighted by Crippen LogP contribution is 2.37. The topological polar surface area (TPSA) is 38.3 Å². The Morgan fingerprint density at radius 1 is 1.58 bits per heavy atom. The molecular formula is C9H15NO2. The van der Waals surface area contributed by atoms with Gasteiger partial charge in [0.1, 0.15) is 0 Å². The lowest BCUT2D eigenvalue weighted by molar-refractivity contribution is -0.129. The lowest BCUT2D eigenvalue weighted by Crippen LogP contribution is -2.57. The molecule has 0 bridgehead atoms. The quantitative estimate of drug-likeness (QED) is 0.627. The predicted molar refractivity (Wildman–Crippen MR) is 44.7 cm³/mol. The molecule has 3 unspecified atom stereocenters. The van der Waals surface area contributed by atoms with Crippen LogP contribution in [0.2, 0.25) is 0 Å². The van der Waals surface area contributed by atoms with Gasteiger partial charge in [0.25, 0.3) is 0 Å². The molecule has 3 nitrogen and oxygen atoms in total. The molecule has 1 saturated carbocycles. The zero-order chi connectivity index (χ0) is 8.55. The summed E-state index contributed by atoms with van der Waals surface area (Å²) in [5, 5.41) is 2.96. The van der Waals surface area contributed by atoms with E-state index in [1.807, 2.05) is 0 Å². The molecule has 3 heteroatoms. The van der Waals surface area contributed by atoms with Gasteiger partial charge in [-0.25, -0.2) is 0 Å². The van der Waals surface area contributed by atoms with E-state index in [4.69, 9.17) is 4.74 Å². The highest BCUT2D eigenvalue weighted by Gasteiger charge is 2.43. The van der Waals surface area contributed by atoms with Crippen LogP contribution in [0.15, 0.2) is 0 Å². The van der Waals surface area contributed by atoms with Gasteiger partial charge in [-0.2, -0.15) is 0 Å². The van der Waals surface area contributed by atoms with Crippen LogP contribution in [0.3, 0.4) is 0 Å². The first-order valence-corrected chi connectivity index (χ1v) is 4.66. The van der Waals surface area contributed by atoms with Crippen LogP contribution in [0.25, 0.3) is 0 Å². The highest BCUT2D eigenvalue weighted by molar-refractivity contribution is 5.73. The van der Waals surface area contributed by atoms with Crippen molar-refractivity contribution in [2.45, 2.75) is 38.3 Å². The van der Waals surface area contributed by atoms with E-state index in [-0.39, 0.29) is 5.91 Å². The molecule has 68 valence electrons. The maximum absolute atomic E-state index is 10.8. The van der Waals surface area contributed by atoms with E-state index in [1.165, 1.54) is 6.42 Å². The second-order valence-electron chi connectivity index (χ2n) is 3.76. The third-order valence-corrected chi connectivity index (χ3v) is 2.88. The fourth-order valence-electron chi connectivity index (χ4n) is 2.22. The maximum Gasteiger partial charge on any atom is 0.217 e. The number of hydrogen-bond acceptors (Lipinski definition) is 2. The summed E-state index contributed by atoms with van der Waals surface area (Å²) < 4.78 is 5.54. The molecule has 1 saturated heterocycles. The molecule has 2 rings (SSSR count). The number of ether oxygens (including phenoxy) is 1. The Bertz CT molecular complexity index is 193. The van der Waals surface area contributed by atoms with Gasteiger partial charge in [-0.3, -0.25) is 4.79 Å². The van der Waals surface area contributed by atoms with Crippen molar-refractivity contribution < 1.29 is 9.53 Å².